The van der Waals surface area contributed by atoms with Crippen molar-refractivity contribution in [3.8, 4) is 0 Å². The second-order valence-corrected chi connectivity index (χ2v) is 3.98. The highest BCUT2D eigenvalue weighted by Crippen LogP contribution is 2.13. The molecule has 2 aromatic rings. The van der Waals surface area contributed by atoms with Gasteiger partial charge in [0, 0.05) is 18.8 Å². The third kappa shape index (κ3) is 3.36. The molecule has 0 saturated heterocycles. The number of halogens is 1. The number of benzene rings is 1. The summed E-state index contributed by atoms with van der Waals surface area (Å²) in [7, 11) is 0. The quantitative estimate of drug-likeness (QED) is 0.873. The Balaban J connectivity index is 1.93. The fourth-order valence-corrected chi connectivity index (χ4v) is 1.63. The van der Waals surface area contributed by atoms with Crippen LogP contribution in [0.2, 0.25) is 0 Å². The third-order valence-electron chi connectivity index (χ3n) is 2.69. The lowest BCUT2D eigenvalue weighted by molar-refractivity contribution is 0.564. The average Bonchev–Trinajstić information content (AvgIpc) is 2.38. The molecule has 1 aromatic heterocycles. The van der Waals surface area contributed by atoms with Gasteiger partial charge in [0.05, 0.1) is 5.69 Å². The van der Waals surface area contributed by atoms with Gasteiger partial charge in [0.15, 0.2) is 0 Å². The molecule has 1 atom stereocenters. The predicted octanol–water partition coefficient (Wildman–Crippen LogP) is 3.07. The summed E-state index contributed by atoms with van der Waals surface area (Å²) in [6.07, 6.45) is 1.78. The lowest BCUT2D eigenvalue weighted by Crippen LogP contribution is -2.18. The Morgan fingerprint density at radius 1 is 1.18 bits per heavy atom. The van der Waals surface area contributed by atoms with E-state index in [4.69, 9.17) is 0 Å². The molecule has 0 radical (unpaired) electrons. The zero-order chi connectivity index (χ0) is 12.1. The molecule has 1 N–H and O–H groups in total. The SMILES string of the molecule is CC(NCc1ccccn1)c1ccc(F)cc1. The monoisotopic (exact) mass is 230 g/mol. The predicted molar refractivity (Wildman–Crippen MR) is 65.9 cm³/mol. The Morgan fingerprint density at radius 3 is 2.59 bits per heavy atom. The zero-order valence-electron chi connectivity index (χ0n) is 9.73. The number of aromatic nitrogens is 1. The van der Waals surface area contributed by atoms with Crippen LogP contribution in [-0.2, 0) is 6.54 Å². The lowest BCUT2D eigenvalue weighted by atomic mass is 10.1. The fourth-order valence-electron chi connectivity index (χ4n) is 1.63. The van der Waals surface area contributed by atoms with E-state index in [0.717, 1.165) is 11.3 Å². The molecule has 2 rings (SSSR count). The normalized spacial score (nSPS) is 12.4. The van der Waals surface area contributed by atoms with E-state index in [1.807, 2.05) is 18.2 Å². The van der Waals surface area contributed by atoms with Crippen molar-refractivity contribution in [1.82, 2.24) is 10.3 Å². The van der Waals surface area contributed by atoms with Gasteiger partial charge in [-0.3, -0.25) is 4.98 Å². The first-order valence-electron chi connectivity index (χ1n) is 5.64. The maximum absolute atomic E-state index is 12.8. The molecule has 3 heteroatoms. The minimum atomic E-state index is -0.203. The topological polar surface area (TPSA) is 24.9 Å². The fraction of sp³-hybridized carbons (Fsp3) is 0.214. The Labute approximate surface area is 101 Å². The van der Waals surface area contributed by atoms with Gasteiger partial charge in [-0.05, 0) is 36.8 Å². The van der Waals surface area contributed by atoms with Gasteiger partial charge in [-0.1, -0.05) is 18.2 Å². The molecule has 0 aliphatic rings. The van der Waals surface area contributed by atoms with E-state index >= 15 is 0 Å². The standard InChI is InChI=1S/C14H15FN2/c1-11(12-5-7-13(15)8-6-12)17-10-14-4-2-3-9-16-14/h2-9,11,17H,10H2,1H3. The molecule has 0 aliphatic carbocycles. The van der Waals surface area contributed by atoms with E-state index < -0.39 is 0 Å². The van der Waals surface area contributed by atoms with Crippen LogP contribution in [0.4, 0.5) is 4.39 Å². The zero-order valence-corrected chi connectivity index (χ0v) is 9.73. The van der Waals surface area contributed by atoms with E-state index in [0.29, 0.717) is 6.54 Å². The minimum absolute atomic E-state index is 0.178. The summed E-state index contributed by atoms with van der Waals surface area (Å²) >= 11 is 0. The summed E-state index contributed by atoms with van der Waals surface area (Å²) in [4.78, 5) is 4.24. The van der Waals surface area contributed by atoms with E-state index in [1.165, 1.54) is 12.1 Å². The van der Waals surface area contributed by atoms with Gasteiger partial charge in [-0.15, -0.1) is 0 Å². The molecule has 0 saturated carbocycles. The molecule has 2 nitrogen and oxygen atoms in total. The van der Waals surface area contributed by atoms with Crippen LogP contribution in [0.5, 0.6) is 0 Å². The Morgan fingerprint density at radius 2 is 1.94 bits per heavy atom. The molecule has 1 heterocycles. The van der Waals surface area contributed by atoms with Crippen molar-refractivity contribution < 1.29 is 4.39 Å². The maximum atomic E-state index is 12.8. The summed E-state index contributed by atoms with van der Waals surface area (Å²) in [5.41, 5.74) is 2.07. The summed E-state index contributed by atoms with van der Waals surface area (Å²) in [5, 5.41) is 3.35. The highest BCUT2D eigenvalue weighted by atomic mass is 19.1. The first-order valence-corrected chi connectivity index (χ1v) is 5.64. The van der Waals surface area contributed by atoms with Crippen LogP contribution in [0.15, 0.2) is 48.7 Å². The molecule has 0 spiro atoms. The molecule has 0 aliphatic heterocycles. The summed E-state index contributed by atoms with van der Waals surface area (Å²) in [6, 6.07) is 12.6. The molecule has 1 unspecified atom stereocenters. The average molecular weight is 230 g/mol. The van der Waals surface area contributed by atoms with Crippen LogP contribution in [0.3, 0.4) is 0 Å². The maximum Gasteiger partial charge on any atom is 0.123 e. The highest BCUT2D eigenvalue weighted by Gasteiger charge is 2.04. The van der Waals surface area contributed by atoms with Gasteiger partial charge >= 0.3 is 0 Å². The van der Waals surface area contributed by atoms with Crippen molar-refractivity contribution in [2.45, 2.75) is 19.5 Å². The van der Waals surface area contributed by atoms with Crippen LogP contribution in [0.25, 0.3) is 0 Å². The third-order valence-corrected chi connectivity index (χ3v) is 2.69. The molecule has 0 amide bonds. The van der Waals surface area contributed by atoms with Crippen LogP contribution < -0.4 is 5.32 Å². The van der Waals surface area contributed by atoms with Crippen LogP contribution >= 0.6 is 0 Å². The van der Waals surface area contributed by atoms with Crippen LogP contribution in [-0.4, -0.2) is 4.98 Å². The van der Waals surface area contributed by atoms with E-state index in [1.54, 1.807) is 18.3 Å². The second-order valence-electron chi connectivity index (χ2n) is 3.98. The van der Waals surface area contributed by atoms with Gasteiger partial charge in [0.25, 0.3) is 0 Å². The second kappa shape index (κ2) is 5.55. The Hall–Kier alpha value is -1.74. The lowest BCUT2D eigenvalue weighted by Gasteiger charge is -2.13. The first kappa shape index (κ1) is 11.7. The van der Waals surface area contributed by atoms with E-state index in [-0.39, 0.29) is 11.9 Å². The Bertz CT molecular complexity index is 453. The Kier molecular flexibility index (Phi) is 3.83. The van der Waals surface area contributed by atoms with E-state index in [9.17, 15) is 4.39 Å². The molecule has 1 aromatic carbocycles. The van der Waals surface area contributed by atoms with Gasteiger partial charge in [-0.2, -0.15) is 0 Å². The number of hydrogen-bond donors (Lipinski definition) is 1. The van der Waals surface area contributed by atoms with Gasteiger partial charge in [0.2, 0.25) is 0 Å². The number of nitrogens with zero attached hydrogens (tertiary/aromatic N) is 1. The van der Waals surface area contributed by atoms with Crippen LogP contribution in [0.1, 0.15) is 24.2 Å². The van der Waals surface area contributed by atoms with Crippen molar-refractivity contribution in [3.63, 3.8) is 0 Å². The van der Waals surface area contributed by atoms with E-state index in [2.05, 4.69) is 17.2 Å². The van der Waals surface area contributed by atoms with Gasteiger partial charge in [0.1, 0.15) is 5.82 Å². The van der Waals surface area contributed by atoms with Crippen molar-refractivity contribution in [2.24, 2.45) is 0 Å². The molecule has 17 heavy (non-hydrogen) atoms. The number of nitrogens with one attached hydrogen (secondary N) is 1. The van der Waals surface area contributed by atoms with Crippen molar-refractivity contribution in [2.75, 3.05) is 0 Å². The largest absolute Gasteiger partial charge is 0.305 e. The molecule has 88 valence electrons. The van der Waals surface area contributed by atoms with Crippen molar-refractivity contribution >= 4 is 0 Å². The number of rotatable bonds is 4. The number of hydrogen-bond acceptors (Lipinski definition) is 2. The molecule has 0 fully saturated rings. The van der Waals surface area contributed by atoms with Gasteiger partial charge < -0.3 is 5.32 Å². The van der Waals surface area contributed by atoms with Crippen molar-refractivity contribution in [1.29, 1.82) is 0 Å². The molecule has 0 bridgehead atoms. The van der Waals surface area contributed by atoms with Gasteiger partial charge in [-0.25, -0.2) is 4.39 Å². The summed E-state index contributed by atoms with van der Waals surface area (Å²) in [5.74, 6) is -0.203. The summed E-state index contributed by atoms with van der Waals surface area (Å²) < 4.78 is 12.8. The van der Waals surface area contributed by atoms with Crippen LogP contribution in [0, 0.1) is 5.82 Å². The summed E-state index contributed by atoms with van der Waals surface area (Å²) in [6.45, 7) is 2.76. The van der Waals surface area contributed by atoms with Crippen molar-refractivity contribution in [3.05, 3.63) is 65.7 Å². The smallest absolute Gasteiger partial charge is 0.123 e. The first-order chi connectivity index (χ1) is 8.25. The minimum Gasteiger partial charge on any atom is -0.305 e. The molecular formula is C14H15FN2. The number of pyridine rings is 1. The highest BCUT2D eigenvalue weighted by molar-refractivity contribution is 5.19. The molecular weight excluding hydrogens is 215 g/mol.